The number of H-pyrrole nitrogens is 1. The van der Waals surface area contributed by atoms with E-state index in [1.54, 1.807) is 33.2 Å². The molecule has 0 saturated carbocycles. The molecule has 11 nitrogen and oxygen atoms in total. The van der Waals surface area contributed by atoms with Crippen LogP contribution in [0, 0.1) is 27.7 Å². The molecule has 0 aliphatic carbocycles. The molecule has 2 amide bonds. The molecule has 14 heteroatoms. The summed E-state index contributed by atoms with van der Waals surface area (Å²) in [4.78, 5) is 46.6. The zero-order valence-electron chi connectivity index (χ0n) is 25.3. The first-order valence-electron chi connectivity index (χ1n) is 14.2. The lowest BCUT2D eigenvalue weighted by molar-refractivity contribution is -0.113. The highest BCUT2D eigenvalue weighted by Crippen LogP contribution is 2.42. The molecular weight excluding hydrogens is 594 g/mol. The van der Waals surface area contributed by atoms with Crippen LogP contribution in [0.3, 0.4) is 0 Å². The molecule has 0 bridgehead atoms. The molecule has 1 fully saturated rings. The Labute approximate surface area is 258 Å². The number of pyridine rings is 1. The van der Waals surface area contributed by atoms with Gasteiger partial charge in [-0.1, -0.05) is 11.6 Å². The van der Waals surface area contributed by atoms with E-state index in [-0.39, 0.29) is 53.7 Å². The van der Waals surface area contributed by atoms with Gasteiger partial charge in [0.2, 0.25) is 5.95 Å². The summed E-state index contributed by atoms with van der Waals surface area (Å²) in [5, 5.41) is 2.92. The highest BCUT2D eigenvalue weighted by Gasteiger charge is 2.38. The Balaban J connectivity index is 1.40. The number of nitrogens with two attached hydrogens (primary N) is 1. The van der Waals surface area contributed by atoms with Gasteiger partial charge in [-0.25, -0.2) is 13.8 Å². The average molecular weight is 629 g/mol. The van der Waals surface area contributed by atoms with Crippen LogP contribution in [0.25, 0.3) is 11.6 Å². The largest absolute Gasteiger partial charge is 0.496 e. The predicted molar refractivity (Wildman–Crippen MR) is 164 cm³/mol. The first-order valence-corrected chi connectivity index (χ1v) is 14.6. The summed E-state index contributed by atoms with van der Waals surface area (Å²) in [6, 6.07) is 0. The Morgan fingerprint density at radius 3 is 2.59 bits per heavy atom. The average Bonchev–Trinajstić information content (AvgIpc) is 3.38. The Bertz CT molecular complexity index is 1660. The van der Waals surface area contributed by atoms with Crippen LogP contribution in [0.5, 0.6) is 5.75 Å². The van der Waals surface area contributed by atoms with E-state index in [4.69, 9.17) is 22.1 Å². The number of amides is 2. The highest BCUT2D eigenvalue weighted by molar-refractivity contribution is 6.41. The third-order valence-corrected chi connectivity index (χ3v) is 8.49. The second-order valence-corrected chi connectivity index (χ2v) is 11.5. The third kappa shape index (κ3) is 5.98. The topological polar surface area (TPSA) is 142 Å². The first kappa shape index (κ1) is 31.3. The molecule has 5 rings (SSSR count). The van der Waals surface area contributed by atoms with Gasteiger partial charge >= 0.3 is 0 Å². The van der Waals surface area contributed by atoms with Crippen LogP contribution >= 0.6 is 11.6 Å². The van der Waals surface area contributed by atoms with Crippen molar-refractivity contribution in [2.75, 3.05) is 43.9 Å². The van der Waals surface area contributed by atoms with Crippen LogP contribution in [0.4, 0.5) is 20.5 Å². The molecule has 0 unspecified atom stereocenters. The van der Waals surface area contributed by atoms with Gasteiger partial charge in [0.05, 0.1) is 36.0 Å². The van der Waals surface area contributed by atoms with Crippen molar-refractivity contribution in [3.8, 4) is 5.75 Å². The van der Waals surface area contributed by atoms with Crippen molar-refractivity contribution in [3.05, 3.63) is 56.2 Å². The lowest BCUT2D eigenvalue weighted by Gasteiger charge is -2.31. The van der Waals surface area contributed by atoms with Gasteiger partial charge in [0, 0.05) is 67.7 Å². The number of nitrogens with one attached hydrogen (secondary N) is 2. The predicted octanol–water partition coefficient (Wildman–Crippen LogP) is 4.23. The fourth-order valence-electron chi connectivity index (χ4n) is 5.80. The summed E-state index contributed by atoms with van der Waals surface area (Å²) in [6.07, 6.45) is 2.97. The Morgan fingerprint density at radius 2 is 1.91 bits per heavy atom. The number of alkyl halides is 2. The highest BCUT2D eigenvalue weighted by atomic mass is 35.5. The fourth-order valence-corrected chi connectivity index (χ4v) is 6.07. The number of aromatic nitrogens is 4. The van der Waals surface area contributed by atoms with Crippen LogP contribution in [0.2, 0.25) is 5.15 Å². The maximum absolute atomic E-state index is 13.9. The van der Waals surface area contributed by atoms with Crippen LogP contribution < -0.4 is 20.7 Å². The number of fused-ring (bicyclic) bond motifs is 1. The van der Waals surface area contributed by atoms with Crippen molar-refractivity contribution in [2.24, 2.45) is 0 Å². The third-order valence-electron chi connectivity index (χ3n) is 8.21. The molecule has 2 aliphatic heterocycles. The zero-order valence-corrected chi connectivity index (χ0v) is 26.0. The number of nitrogens with zero attached hydrogens (tertiary/aromatic N) is 5. The first-order chi connectivity index (χ1) is 20.8. The fraction of sp³-hybridized carbons (Fsp3) is 0.433. The molecule has 0 aromatic carbocycles. The number of aromatic amines is 1. The number of piperidine rings is 1. The van der Waals surface area contributed by atoms with Gasteiger partial charge in [0.25, 0.3) is 17.7 Å². The lowest BCUT2D eigenvalue weighted by Crippen LogP contribution is -2.43. The van der Waals surface area contributed by atoms with E-state index in [1.165, 1.54) is 4.90 Å². The second-order valence-electron chi connectivity index (χ2n) is 11.2. The molecule has 44 heavy (non-hydrogen) atoms. The Kier molecular flexibility index (Phi) is 8.63. The van der Waals surface area contributed by atoms with E-state index in [2.05, 4.69) is 25.3 Å². The summed E-state index contributed by atoms with van der Waals surface area (Å²) < 4.78 is 32.4. The van der Waals surface area contributed by atoms with Gasteiger partial charge in [-0.05, 0) is 39.3 Å². The van der Waals surface area contributed by atoms with Gasteiger partial charge in [-0.3, -0.25) is 19.5 Å². The molecule has 0 radical (unpaired) electrons. The van der Waals surface area contributed by atoms with Crippen molar-refractivity contribution < 1.29 is 23.1 Å². The van der Waals surface area contributed by atoms with Crippen molar-refractivity contribution >= 4 is 46.8 Å². The van der Waals surface area contributed by atoms with E-state index < -0.39 is 5.92 Å². The Morgan fingerprint density at radius 1 is 1.20 bits per heavy atom. The number of carbonyl (C=O) groups is 2. The molecule has 5 heterocycles. The number of hydrogen-bond donors (Lipinski definition) is 3. The van der Waals surface area contributed by atoms with Gasteiger partial charge < -0.3 is 25.7 Å². The van der Waals surface area contributed by atoms with Crippen molar-refractivity contribution in [1.82, 2.24) is 30.2 Å². The molecule has 0 spiro atoms. The second kappa shape index (κ2) is 12.1. The van der Waals surface area contributed by atoms with Crippen LogP contribution in [-0.4, -0.2) is 75.9 Å². The molecule has 1 saturated heterocycles. The number of ether oxygens (including phenoxy) is 1. The molecule has 3 aromatic rings. The monoisotopic (exact) mass is 628 g/mol. The summed E-state index contributed by atoms with van der Waals surface area (Å²) in [6.45, 7) is 8.77. The quantitative estimate of drug-likeness (QED) is 0.249. The minimum Gasteiger partial charge on any atom is -0.496 e. The molecule has 2 aliphatic rings. The van der Waals surface area contributed by atoms with Crippen LogP contribution in [0.1, 0.15) is 62.5 Å². The number of hydrogen-bond acceptors (Lipinski definition) is 8. The van der Waals surface area contributed by atoms with Crippen molar-refractivity contribution in [2.45, 2.75) is 53.0 Å². The summed E-state index contributed by atoms with van der Waals surface area (Å²) in [5.74, 6) is -2.44. The maximum Gasteiger partial charge on any atom is 0.260 e. The Hall–Kier alpha value is -4.10. The summed E-state index contributed by atoms with van der Waals surface area (Å²) in [7, 11) is 1.58. The standard InChI is InChI=1S/C30H35ClF2N8O3/c1-15-13-36-21(17(3)24(15)44-5)14-41-26-23(25(31)38-29(34)39-26)19(28(41)43)12-20-16(2)22(18(4)37-20)27(42)35-8-11-40-9-6-30(32,33)7-10-40/h12-13,37H,6-11,14H2,1-5H3,(H,35,42)(H2,34,38,39). The van der Waals surface area contributed by atoms with Crippen molar-refractivity contribution in [1.29, 1.82) is 0 Å². The lowest BCUT2D eigenvalue weighted by atomic mass is 10.1. The van der Waals surface area contributed by atoms with Crippen molar-refractivity contribution in [3.63, 3.8) is 0 Å². The number of anilines is 2. The number of carbonyl (C=O) groups excluding carboxylic acids is 2. The van der Waals surface area contributed by atoms with Gasteiger partial charge in [-0.15, -0.1) is 0 Å². The van der Waals surface area contributed by atoms with E-state index >= 15 is 0 Å². The zero-order chi connectivity index (χ0) is 31.9. The minimum atomic E-state index is -2.62. The number of rotatable bonds is 8. The van der Waals surface area contributed by atoms with E-state index in [0.29, 0.717) is 65.7 Å². The molecule has 4 N–H and O–H groups in total. The SMILES string of the molecule is COc1c(C)cnc(CN2C(=O)C(=Cc3[nH]c(C)c(C(=O)NCCN4CCC(F)(F)CC4)c3C)c3c(Cl)nc(N)nc32)c1C. The van der Waals surface area contributed by atoms with Crippen LogP contribution in [0.15, 0.2) is 6.20 Å². The van der Waals surface area contributed by atoms with E-state index in [0.717, 1.165) is 11.1 Å². The van der Waals surface area contributed by atoms with E-state index in [1.807, 2.05) is 18.7 Å². The minimum absolute atomic E-state index is 0.0233. The van der Waals surface area contributed by atoms with Gasteiger partial charge in [0.15, 0.2) is 5.82 Å². The number of methoxy groups -OCH3 is 1. The maximum atomic E-state index is 13.9. The normalized spacial score (nSPS) is 17.3. The summed E-state index contributed by atoms with van der Waals surface area (Å²) in [5.41, 5.74) is 11.0. The summed E-state index contributed by atoms with van der Waals surface area (Å²) >= 11 is 6.53. The number of aryl methyl sites for hydroxylation is 2. The van der Waals surface area contributed by atoms with Gasteiger partial charge in [0.1, 0.15) is 10.9 Å². The smallest absolute Gasteiger partial charge is 0.260 e. The molecular formula is C30H35ClF2N8O3. The number of nitrogen functional groups attached to an aromatic ring is 1. The number of likely N-dealkylation sites (tertiary alicyclic amines) is 1. The number of halogens is 3. The molecule has 0 atom stereocenters. The molecule has 3 aromatic heterocycles. The van der Waals surface area contributed by atoms with Gasteiger partial charge in [-0.2, -0.15) is 4.98 Å². The van der Waals surface area contributed by atoms with E-state index in [9.17, 15) is 18.4 Å². The van der Waals surface area contributed by atoms with Crippen LogP contribution in [-0.2, 0) is 11.3 Å². The molecule has 234 valence electrons.